The summed E-state index contributed by atoms with van der Waals surface area (Å²) in [5, 5.41) is 0. The molecule has 0 bridgehead atoms. The van der Waals surface area contributed by atoms with Gasteiger partial charge in [0.2, 0.25) is 0 Å². The Morgan fingerprint density at radius 1 is 1.25 bits per heavy atom. The van der Waals surface area contributed by atoms with E-state index in [4.69, 9.17) is 0 Å². The Balaban J connectivity index is 1.82. The number of fused-ring (bicyclic) bond motifs is 1. The quantitative estimate of drug-likeness (QED) is 0.725. The fraction of sp³-hybridized carbons (Fsp3) is 0.727. The summed E-state index contributed by atoms with van der Waals surface area (Å²) in [6, 6.07) is 0. The van der Waals surface area contributed by atoms with E-state index < -0.39 is 12.1 Å². The first-order valence-corrected chi connectivity index (χ1v) is 5.66. The lowest BCUT2D eigenvalue weighted by molar-refractivity contribution is -0.182. The van der Waals surface area contributed by atoms with E-state index in [1.54, 1.807) is 4.57 Å². The molecular formula is C11H13F3N2. The number of hydrogen-bond acceptors (Lipinski definition) is 1. The van der Waals surface area contributed by atoms with Crippen LogP contribution in [0.5, 0.6) is 0 Å². The maximum absolute atomic E-state index is 12.6. The van der Waals surface area contributed by atoms with Crippen molar-refractivity contribution in [1.29, 1.82) is 0 Å². The molecule has 2 aliphatic rings. The van der Waals surface area contributed by atoms with Crippen molar-refractivity contribution in [1.82, 2.24) is 9.55 Å². The summed E-state index contributed by atoms with van der Waals surface area (Å²) in [7, 11) is 0. The molecule has 1 aliphatic heterocycles. The van der Waals surface area contributed by atoms with Gasteiger partial charge in [0.25, 0.3) is 0 Å². The van der Waals surface area contributed by atoms with Crippen molar-refractivity contribution in [3.8, 4) is 0 Å². The maximum atomic E-state index is 12.6. The maximum Gasteiger partial charge on any atom is 0.393 e. The van der Waals surface area contributed by atoms with Crippen LogP contribution in [0.1, 0.15) is 36.7 Å². The highest BCUT2D eigenvalue weighted by molar-refractivity contribution is 5.16. The van der Waals surface area contributed by atoms with Crippen LogP contribution in [0.15, 0.2) is 6.20 Å². The van der Waals surface area contributed by atoms with Crippen LogP contribution in [0.2, 0.25) is 0 Å². The summed E-state index contributed by atoms with van der Waals surface area (Å²) < 4.78 is 39.4. The standard InChI is InChI=1S/C11H13F3N2/c12-11(13,14)8-3-4-10-15-9(7-1-2-7)6-16(10)5-8/h6-8H,1-5H2/t8-/m1/s1. The zero-order valence-corrected chi connectivity index (χ0v) is 8.80. The van der Waals surface area contributed by atoms with Gasteiger partial charge >= 0.3 is 6.18 Å². The van der Waals surface area contributed by atoms with E-state index in [1.807, 2.05) is 6.20 Å². The first-order chi connectivity index (χ1) is 7.54. The summed E-state index contributed by atoms with van der Waals surface area (Å²) in [5.41, 5.74) is 0.998. The first-order valence-electron chi connectivity index (χ1n) is 5.66. The molecule has 0 aromatic carbocycles. The number of hydrogen-bond donors (Lipinski definition) is 0. The molecule has 0 radical (unpaired) electrons. The van der Waals surface area contributed by atoms with Gasteiger partial charge in [0.1, 0.15) is 5.82 Å². The van der Waals surface area contributed by atoms with Crippen molar-refractivity contribution in [3.63, 3.8) is 0 Å². The van der Waals surface area contributed by atoms with Crippen LogP contribution in [0.25, 0.3) is 0 Å². The third-order valence-corrected chi connectivity index (χ3v) is 3.47. The molecule has 0 spiro atoms. The Labute approximate surface area is 91.5 Å². The van der Waals surface area contributed by atoms with Crippen molar-refractivity contribution in [2.45, 2.75) is 44.3 Å². The van der Waals surface area contributed by atoms with Gasteiger partial charge in [0, 0.05) is 25.1 Å². The minimum Gasteiger partial charge on any atom is -0.334 e. The normalized spacial score (nSPS) is 25.6. The van der Waals surface area contributed by atoms with Crippen LogP contribution in [0.4, 0.5) is 13.2 Å². The highest BCUT2D eigenvalue weighted by atomic mass is 19.4. The molecule has 0 unspecified atom stereocenters. The van der Waals surface area contributed by atoms with E-state index >= 15 is 0 Å². The molecule has 5 heteroatoms. The summed E-state index contributed by atoms with van der Waals surface area (Å²) in [4.78, 5) is 4.42. The molecule has 1 atom stereocenters. The molecular weight excluding hydrogens is 217 g/mol. The second kappa shape index (κ2) is 3.25. The minimum absolute atomic E-state index is 0.0541. The summed E-state index contributed by atoms with van der Waals surface area (Å²) in [5.74, 6) is 0.158. The molecule has 2 nitrogen and oxygen atoms in total. The Morgan fingerprint density at radius 2 is 2.00 bits per heavy atom. The average Bonchev–Trinajstić information content (AvgIpc) is 2.96. The molecule has 0 saturated heterocycles. The van der Waals surface area contributed by atoms with Crippen molar-refractivity contribution in [2.75, 3.05) is 0 Å². The Morgan fingerprint density at radius 3 is 2.62 bits per heavy atom. The SMILES string of the molecule is FC(F)(F)[C@@H]1CCc2nc(C3CC3)cn2C1. The number of alkyl halides is 3. The Hall–Kier alpha value is -1.00. The predicted octanol–water partition coefficient (Wildman–Crippen LogP) is 2.89. The van der Waals surface area contributed by atoms with E-state index in [-0.39, 0.29) is 13.0 Å². The number of halogens is 3. The molecule has 16 heavy (non-hydrogen) atoms. The largest absolute Gasteiger partial charge is 0.393 e. The lowest BCUT2D eigenvalue weighted by Gasteiger charge is -2.25. The third kappa shape index (κ3) is 1.72. The smallest absolute Gasteiger partial charge is 0.334 e. The van der Waals surface area contributed by atoms with Gasteiger partial charge in [-0.1, -0.05) is 0 Å². The van der Waals surface area contributed by atoms with Gasteiger partial charge < -0.3 is 4.57 Å². The number of aryl methyl sites for hydroxylation is 1. The molecule has 1 aromatic heterocycles. The average molecular weight is 230 g/mol. The highest BCUT2D eigenvalue weighted by Gasteiger charge is 2.42. The van der Waals surface area contributed by atoms with Crippen molar-refractivity contribution >= 4 is 0 Å². The van der Waals surface area contributed by atoms with Crippen molar-refractivity contribution < 1.29 is 13.2 Å². The van der Waals surface area contributed by atoms with E-state index in [2.05, 4.69) is 4.98 Å². The van der Waals surface area contributed by atoms with E-state index in [9.17, 15) is 13.2 Å². The first kappa shape index (κ1) is 10.2. The second-order valence-corrected chi connectivity index (χ2v) is 4.79. The van der Waals surface area contributed by atoms with Crippen molar-refractivity contribution in [3.05, 3.63) is 17.7 Å². The summed E-state index contributed by atoms with van der Waals surface area (Å²) in [6.07, 6.45) is 0.673. The minimum atomic E-state index is -4.07. The van der Waals surface area contributed by atoms with Crippen molar-refractivity contribution in [2.24, 2.45) is 5.92 Å². The van der Waals surface area contributed by atoms with Gasteiger partial charge in [0.05, 0.1) is 11.6 Å². The number of nitrogens with zero attached hydrogens (tertiary/aromatic N) is 2. The Bertz CT molecular complexity index is 404. The molecule has 0 amide bonds. The lowest BCUT2D eigenvalue weighted by atomic mass is 9.99. The zero-order valence-electron chi connectivity index (χ0n) is 8.80. The van der Waals surface area contributed by atoms with Gasteiger partial charge in [-0.2, -0.15) is 13.2 Å². The van der Waals surface area contributed by atoms with Crippen LogP contribution in [-0.4, -0.2) is 15.7 Å². The molecule has 1 fully saturated rings. The third-order valence-electron chi connectivity index (χ3n) is 3.47. The van der Waals surface area contributed by atoms with Gasteiger partial charge in [-0.05, 0) is 19.3 Å². The second-order valence-electron chi connectivity index (χ2n) is 4.79. The van der Waals surface area contributed by atoms with Gasteiger partial charge in [-0.15, -0.1) is 0 Å². The topological polar surface area (TPSA) is 17.8 Å². The van der Waals surface area contributed by atoms with E-state index in [0.717, 1.165) is 24.4 Å². The molecule has 1 aromatic rings. The fourth-order valence-corrected chi connectivity index (χ4v) is 2.31. The zero-order chi connectivity index (χ0) is 11.3. The van der Waals surface area contributed by atoms with Crippen LogP contribution in [0.3, 0.4) is 0 Å². The molecule has 3 rings (SSSR count). The van der Waals surface area contributed by atoms with Gasteiger partial charge in [0.15, 0.2) is 0 Å². The number of imidazole rings is 1. The van der Waals surface area contributed by atoms with Crippen LogP contribution in [-0.2, 0) is 13.0 Å². The fourth-order valence-electron chi connectivity index (χ4n) is 2.31. The molecule has 88 valence electrons. The van der Waals surface area contributed by atoms with Gasteiger partial charge in [-0.3, -0.25) is 0 Å². The predicted molar refractivity (Wildman–Crippen MR) is 52.1 cm³/mol. The lowest BCUT2D eigenvalue weighted by Crippen LogP contribution is -2.31. The number of aromatic nitrogens is 2. The van der Waals surface area contributed by atoms with Crippen LogP contribution in [0, 0.1) is 5.92 Å². The van der Waals surface area contributed by atoms with E-state index in [1.165, 1.54) is 0 Å². The summed E-state index contributed by atoms with van der Waals surface area (Å²) >= 11 is 0. The highest BCUT2D eigenvalue weighted by Crippen LogP contribution is 2.41. The van der Waals surface area contributed by atoms with Gasteiger partial charge in [-0.25, -0.2) is 4.98 Å². The summed E-state index contributed by atoms with van der Waals surface area (Å²) in [6.45, 7) is 0.0541. The number of rotatable bonds is 1. The van der Waals surface area contributed by atoms with E-state index in [0.29, 0.717) is 12.3 Å². The molecule has 1 aliphatic carbocycles. The van der Waals surface area contributed by atoms with Crippen LogP contribution < -0.4 is 0 Å². The Kier molecular flexibility index (Phi) is 2.06. The molecule has 1 saturated carbocycles. The van der Waals surface area contributed by atoms with Crippen LogP contribution >= 0.6 is 0 Å². The molecule has 0 N–H and O–H groups in total. The monoisotopic (exact) mass is 230 g/mol. The molecule has 2 heterocycles.